The highest BCUT2D eigenvalue weighted by molar-refractivity contribution is 6.03. The lowest BCUT2D eigenvalue weighted by Crippen LogP contribution is -2.13. The maximum Gasteiger partial charge on any atom is 0.335 e. The molecule has 6 heteroatoms. The quantitative estimate of drug-likeness (QED) is 0.892. The molecule has 19 heavy (non-hydrogen) atoms. The van der Waals surface area contributed by atoms with Gasteiger partial charge in [-0.1, -0.05) is 0 Å². The van der Waals surface area contributed by atoms with Crippen molar-refractivity contribution in [3.05, 3.63) is 53.2 Å². The van der Waals surface area contributed by atoms with Crippen LogP contribution in [0.15, 0.2) is 34.7 Å². The Kier molecular flexibility index (Phi) is 3.33. The summed E-state index contributed by atoms with van der Waals surface area (Å²) in [5.74, 6) is -2.00. The molecule has 0 aliphatic rings. The summed E-state index contributed by atoms with van der Waals surface area (Å²) in [5.41, 5.74) is -0.328. The van der Waals surface area contributed by atoms with E-state index in [9.17, 15) is 14.0 Å². The molecular formula is C13H10FNO4. The second-order valence-corrected chi connectivity index (χ2v) is 3.86. The largest absolute Gasteiger partial charge is 0.478 e. The Balaban J connectivity index is 2.25. The van der Waals surface area contributed by atoms with Crippen LogP contribution in [0, 0.1) is 12.7 Å². The summed E-state index contributed by atoms with van der Waals surface area (Å²) in [6, 6.07) is 6.19. The third-order valence-corrected chi connectivity index (χ3v) is 2.43. The number of halogens is 1. The smallest absolute Gasteiger partial charge is 0.335 e. The lowest BCUT2D eigenvalue weighted by atomic mass is 10.2. The van der Waals surface area contributed by atoms with Crippen LogP contribution in [0.1, 0.15) is 26.7 Å². The summed E-state index contributed by atoms with van der Waals surface area (Å²) in [5, 5.41) is 11.1. The highest BCUT2D eigenvalue weighted by Gasteiger charge is 2.14. The van der Waals surface area contributed by atoms with Crippen LogP contribution in [0.3, 0.4) is 0 Å². The van der Waals surface area contributed by atoms with Gasteiger partial charge in [-0.25, -0.2) is 9.18 Å². The molecule has 0 saturated heterocycles. The maximum atomic E-state index is 13.5. The summed E-state index contributed by atoms with van der Waals surface area (Å²) in [6.07, 6.45) is 0. The highest BCUT2D eigenvalue weighted by Crippen LogP contribution is 2.18. The van der Waals surface area contributed by atoms with E-state index in [4.69, 9.17) is 9.52 Å². The fourth-order valence-electron chi connectivity index (χ4n) is 1.49. The van der Waals surface area contributed by atoms with Crippen molar-refractivity contribution in [1.29, 1.82) is 0 Å². The topological polar surface area (TPSA) is 79.5 Å². The Morgan fingerprint density at radius 2 is 2.00 bits per heavy atom. The van der Waals surface area contributed by atoms with Crippen molar-refractivity contribution in [2.75, 3.05) is 5.32 Å². The Morgan fingerprint density at radius 1 is 1.26 bits per heavy atom. The lowest BCUT2D eigenvalue weighted by Gasteiger charge is -2.05. The fraction of sp³-hybridized carbons (Fsp3) is 0.0769. The number of hydrogen-bond acceptors (Lipinski definition) is 3. The molecule has 0 atom stereocenters. The normalized spacial score (nSPS) is 10.2. The molecule has 0 aliphatic carbocycles. The molecule has 1 aromatic carbocycles. The molecule has 2 N–H and O–H groups in total. The minimum Gasteiger partial charge on any atom is -0.478 e. The van der Waals surface area contributed by atoms with Crippen molar-refractivity contribution in [3.8, 4) is 0 Å². The van der Waals surface area contributed by atoms with Gasteiger partial charge in [0.15, 0.2) is 5.76 Å². The van der Waals surface area contributed by atoms with Gasteiger partial charge in [0.1, 0.15) is 11.6 Å². The molecule has 0 bridgehead atoms. The molecule has 0 radical (unpaired) electrons. The standard InChI is InChI=1S/C13H10FNO4/c1-7-2-5-11(19-7)12(16)15-10-6-8(13(17)18)3-4-9(10)14/h2-6H,1H3,(H,15,16)(H,17,18). The van der Waals surface area contributed by atoms with Crippen LogP contribution in [-0.2, 0) is 0 Å². The summed E-state index contributed by atoms with van der Waals surface area (Å²) in [4.78, 5) is 22.5. The molecular weight excluding hydrogens is 253 g/mol. The van der Waals surface area contributed by atoms with E-state index in [0.717, 1.165) is 18.2 Å². The van der Waals surface area contributed by atoms with Gasteiger partial charge in [0, 0.05) is 0 Å². The number of amides is 1. The lowest BCUT2D eigenvalue weighted by molar-refractivity contribution is 0.0696. The van der Waals surface area contributed by atoms with Gasteiger partial charge in [0.05, 0.1) is 11.3 Å². The molecule has 0 fully saturated rings. The van der Waals surface area contributed by atoms with Crippen molar-refractivity contribution >= 4 is 17.6 Å². The van der Waals surface area contributed by atoms with E-state index in [0.29, 0.717) is 5.76 Å². The van der Waals surface area contributed by atoms with Gasteiger partial charge in [-0.05, 0) is 37.3 Å². The fourth-order valence-corrected chi connectivity index (χ4v) is 1.49. The van der Waals surface area contributed by atoms with Gasteiger partial charge in [-0.2, -0.15) is 0 Å². The number of aryl methyl sites for hydroxylation is 1. The number of nitrogens with one attached hydrogen (secondary N) is 1. The van der Waals surface area contributed by atoms with Crippen molar-refractivity contribution in [2.45, 2.75) is 6.92 Å². The first-order chi connectivity index (χ1) is 8.97. The number of carboxylic acids is 1. The van der Waals surface area contributed by atoms with Crippen LogP contribution in [0.4, 0.5) is 10.1 Å². The molecule has 1 amide bonds. The molecule has 1 aromatic heterocycles. The first-order valence-corrected chi connectivity index (χ1v) is 5.38. The molecule has 0 aliphatic heterocycles. The van der Waals surface area contributed by atoms with E-state index in [1.54, 1.807) is 13.0 Å². The molecule has 2 aromatic rings. The van der Waals surface area contributed by atoms with E-state index in [2.05, 4.69) is 5.32 Å². The van der Waals surface area contributed by atoms with Crippen LogP contribution >= 0.6 is 0 Å². The van der Waals surface area contributed by atoms with Gasteiger partial charge in [-0.15, -0.1) is 0 Å². The Bertz CT molecular complexity index is 648. The van der Waals surface area contributed by atoms with E-state index in [1.165, 1.54) is 6.07 Å². The second kappa shape index (κ2) is 4.93. The number of anilines is 1. The number of aromatic carboxylic acids is 1. The van der Waals surface area contributed by atoms with E-state index >= 15 is 0 Å². The van der Waals surface area contributed by atoms with Crippen LogP contribution < -0.4 is 5.32 Å². The average Bonchev–Trinajstić information content (AvgIpc) is 2.78. The number of benzene rings is 1. The third kappa shape index (κ3) is 2.79. The zero-order chi connectivity index (χ0) is 14.0. The SMILES string of the molecule is Cc1ccc(C(=O)Nc2cc(C(=O)O)ccc2F)o1. The molecule has 0 unspecified atom stereocenters. The van der Waals surface area contributed by atoms with E-state index in [1.807, 2.05) is 0 Å². The van der Waals surface area contributed by atoms with Gasteiger partial charge in [0.25, 0.3) is 5.91 Å². The number of carbonyl (C=O) groups excluding carboxylic acids is 1. The summed E-state index contributed by atoms with van der Waals surface area (Å²) in [7, 11) is 0. The minimum atomic E-state index is -1.20. The maximum absolute atomic E-state index is 13.5. The van der Waals surface area contributed by atoms with Crippen molar-refractivity contribution in [1.82, 2.24) is 0 Å². The number of rotatable bonds is 3. The zero-order valence-electron chi connectivity index (χ0n) is 9.94. The third-order valence-electron chi connectivity index (χ3n) is 2.43. The summed E-state index contributed by atoms with van der Waals surface area (Å²) < 4.78 is 18.6. The Labute approximate surface area is 107 Å². The van der Waals surface area contributed by atoms with Crippen molar-refractivity contribution < 1.29 is 23.5 Å². The average molecular weight is 263 g/mol. The van der Waals surface area contributed by atoms with E-state index < -0.39 is 17.7 Å². The summed E-state index contributed by atoms with van der Waals surface area (Å²) in [6.45, 7) is 1.67. The van der Waals surface area contributed by atoms with Gasteiger partial charge in [0.2, 0.25) is 0 Å². The number of carbonyl (C=O) groups is 2. The van der Waals surface area contributed by atoms with Gasteiger partial charge in [-0.3, -0.25) is 4.79 Å². The van der Waals surface area contributed by atoms with Gasteiger partial charge < -0.3 is 14.8 Å². The first-order valence-electron chi connectivity index (χ1n) is 5.38. The number of hydrogen-bond donors (Lipinski definition) is 2. The Hall–Kier alpha value is -2.63. The Morgan fingerprint density at radius 3 is 2.58 bits per heavy atom. The predicted molar refractivity (Wildman–Crippen MR) is 64.8 cm³/mol. The first kappa shape index (κ1) is 12.8. The molecule has 0 saturated carbocycles. The van der Waals surface area contributed by atoms with Crippen LogP contribution in [0.2, 0.25) is 0 Å². The monoisotopic (exact) mass is 263 g/mol. The van der Waals surface area contributed by atoms with Gasteiger partial charge >= 0.3 is 5.97 Å². The highest BCUT2D eigenvalue weighted by atomic mass is 19.1. The van der Waals surface area contributed by atoms with Crippen molar-refractivity contribution in [2.24, 2.45) is 0 Å². The zero-order valence-corrected chi connectivity index (χ0v) is 9.94. The summed E-state index contributed by atoms with van der Waals surface area (Å²) >= 11 is 0. The van der Waals surface area contributed by atoms with Crippen LogP contribution in [0.25, 0.3) is 0 Å². The van der Waals surface area contributed by atoms with Crippen molar-refractivity contribution in [3.63, 3.8) is 0 Å². The molecule has 0 spiro atoms. The molecule has 1 heterocycles. The molecule has 2 rings (SSSR count). The van der Waals surface area contributed by atoms with E-state index in [-0.39, 0.29) is 17.0 Å². The second-order valence-electron chi connectivity index (χ2n) is 3.86. The minimum absolute atomic E-state index is 0.0256. The number of carboxylic acid groups (broad SMARTS) is 1. The van der Waals surface area contributed by atoms with Crippen LogP contribution in [-0.4, -0.2) is 17.0 Å². The number of furan rings is 1. The molecule has 5 nitrogen and oxygen atoms in total. The predicted octanol–water partition coefficient (Wildman–Crippen LogP) is 2.68. The van der Waals surface area contributed by atoms with Crippen LogP contribution in [0.5, 0.6) is 0 Å². The molecule has 98 valence electrons.